The number of para-hydroxylation sites is 1. The van der Waals surface area contributed by atoms with Gasteiger partial charge in [0.25, 0.3) is 5.91 Å². The molecule has 1 amide bonds. The number of carbonyl (C=O) groups excluding carboxylic acids is 1. The minimum atomic E-state index is -1.24. The number of nitrogens with one attached hydrogen (secondary N) is 2. The molecule has 0 saturated carbocycles. The molecule has 0 bridgehead atoms. The second-order valence-corrected chi connectivity index (χ2v) is 5.57. The highest BCUT2D eigenvalue weighted by atomic mass is 16.4. The van der Waals surface area contributed by atoms with Crippen molar-refractivity contribution in [3.05, 3.63) is 76.1 Å². The van der Waals surface area contributed by atoms with Gasteiger partial charge >= 0.3 is 5.97 Å². The molecular weight excluding hydrogens is 334 g/mol. The highest BCUT2D eigenvalue weighted by molar-refractivity contribution is 6.09. The van der Waals surface area contributed by atoms with Crippen LogP contribution < -0.4 is 16.5 Å². The Bertz CT molecular complexity index is 1120. The van der Waals surface area contributed by atoms with E-state index in [0.717, 1.165) is 0 Å². The summed E-state index contributed by atoms with van der Waals surface area (Å²) in [5.41, 5.74) is 6.38. The van der Waals surface area contributed by atoms with Crippen molar-refractivity contribution in [2.75, 3.05) is 11.1 Å². The number of hydrogen-bond acceptors (Lipinski definition) is 4. The number of hydrogen-bond donors (Lipinski definition) is 4. The van der Waals surface area contributed by atoms with Crippen LogP contribution in [-0.4, -0.2) is 22.0 Å². The number of fused-ring (bicyclic) bond motifs is 1. The van der Waals surface area contributed by atoms with Gasteiger partial charge in [0.05, 0.1) is 11.3 Å². The van der Waals surface area contributed by atoms with E-state index in [1.54, 1.807) is 24.3 Å². The largest absolute Gasteiger partial charge is 0.478 e. The molecule has 26 heavy (non-hydrogen) atoms. The maximum atomic E-state index is 12.5. The van der Waals surface area contributed by atoms with E-state index in [4.69, 9.17) is 5.73 Å². The zero-order chi connectivity index (χ0) is 18.8. The van der Waals surface area contributed by atoms with Crippen LogP contribution in [-0.2, 0) is 0 Å². The fraction of sp³-hybridized carbons (Fsp3) is 0. The van der Waals surface area contributed by atoms with Crippen LogP contribution in [0.25, 0.3) is 17.0 Å². The molecular formula is C19H15N3O4. The van der Waals surface area contributed by atoms with Crippen LogP contribution in [0.1, 0.15) is 26.3 Å². The molecule has 0 unspecified atom stereocenters. The molecule has 0 radical (unpaired) electrons. The van der Waals surface area contributed by atoms with Gasteiger partial charge < -0.3 is 21.1 Å². The van der Waals surface area contributed by atoms with Crippen LogP contribution in [0.4, 0.5) is 11.4 Å². The lowest BCUT2D eigenvalue weighted by Gasteiger charge is -2.11. The third kappa shape index (κ3) is 2.93. The van der Waals surface area contributed by atoms with Gasteiger partial charge in [-0.2, -0.15) is 0 Å². The Morgan fingerprint density at radius 2 is 1.92 bits per heavy atom. The maximum Gasteiger partial charge on any atom is 0.337 e. The highest BCUT2D eigenvalue weighted by Gasteiger charge is 2.18. The molecule has 130 valence electrons. The molecule has 0 aliphatic rings. The molecule has 3 aromatic rings. The normalized spacial score (nSPS) is 10.5. The van der Waals surface area contributed by atoms with Gasteiger partial charge in [-0.05, 0) is 29.8 Å². The molecule has 3 rings (SSSR count). The van der Waals surface area contributed by atoms with E-state index in [1.165, 1.54) is 24.4 Å². The summed E-state index contributed by atoms with van der Waals surface area (Å²) < 4.78 is 0. The number of carboxylic acid groups (broad SMARTS) is 1. The summed E-state index contributed by atoms with van der Waals surface area (Å²) in [6.45, 7) is 3.57. The molecule has 7 heteroatoms. The summed E-state index contributed by atoms with van der Waals surface area (Å²) >= 11 is 0. The maximum absolute atomic E-state index is 12.5. The number of pyridine rings is 1. The molecule has 1 aromatic heterocycles. The number of amides is 1. The second kappa shape index (κ2) is 6.56. The summed E-state index contributed by atoms with van der Waals surface area (Å²) in [6, 6.07) is 9.41. The summed E-state index contributed by atoms with van der Waals surface area (Å²) in [6.07, 6.45) is 2.71. The van der Waals surface area contributed by atoms with Crippen molar-refractivity contribution in [1.82, 2.24) is 4.98 Å². The number of rotatable bonds is 4. The average molecular weight is 349 g/mol. The number of aromatic nitrogens is 1. The fourth-order valence-corrected chi connectivity index (χ4v) is 2.62. The van der Waals surface area contributed by atoms with E-state index in [0.29, 0.717) is 16.5 Å². The quantitative estimate of drug-likeness (QED) is 0.539. The third-order valence-corrected chi connectivity index (χ3v) is 3.95. The number of aromatic amines is 1. The first-order valence-electron chi connectivity index (χ1n) is 7.63. The van der Waals surface area contributed by atoms with Gasteiger partial charge in [-0.3, -0.25) is 9.59 Å². The fourth-order valence-electron chi connectivity index (χ4n) is 2.62. The SMILES string of the molecule is C=Cc1cc(C(=O)O)c(NC(=O)c2c[nH]c3ccccc3c2=O)cc1N. The molecule has 7 nitrogen and oxygen atoms in total. The summed E-state index contributed by atoms with van der Waals surface area (Å²) in [4.78, 5) is 39.4. The van der Waals surface area contributed by atoms with Crippen molar-refractivity contribution >= 4 is 40.2 Å². The number of carbonyl (C=O) groups is 2. The lowest BCUT2D eigenvalue weighted by Crippen LogP contribution is -2.23. The van der Waals surface area contributed by atoms with Crippen molar-refractivity contribution < 1.29 is 14.7 Å². The Balaban J connectivity index is 2.05. The Hall–Kier alpha value is -3.87. The van der Waals surface area contributed by atoms with Gasteiger partial charge in [-0.25, -0.2) is 4.79 Å². The zero-order valence-corrected chi connectivity index (χ0v) is 13.6. The number of H-pyrrole nitrogens is 1. The number of benzene rings is 2. The van der Waals surface area contributed by atoms with Crippen LogP contribution >= 0.6 is 0 Å². The molecule has 0 spiro atoms. The van der Waals surface area contributed by atoms with Gasteiger partial charge in [0.2, 0.25) is 5.43 Å². The molecule has 5 N–H and O–H groups in total. The number of anilines is 2. The summed E-state index contributed by atoms with van der Waals surface area (Å²) in [7, 11) is 0. The highest BCUT2D eigenvalue weighted by Crippen LogP contribution is 2.25. The van der Waals surface area contributed by atoms with Crippen molar-refractivity contribution in [2.24, 2.45) is 0 Å². The molecule has 0 fully saturated rings. The molecule has 0 saturated heterocycles. The van der Waals surface area contributed by atoms with Crippen LogP contribution in [0.3, 0.4) is 0 Å². The zero-order valence-electron chi connectivity index (χ0n) is 13.6. The van der Waals surface area contributed by atoms with Crippen molar-refractivity contribution in [1.29, 1.82) is 0 Å². The van der Waals surface area contributed by atoms with E-state index in [1.807, 2.05) is 0 Å². The van der Waals surface area contributed by atoms with Crippen molar-refractivity contribution in [2.45, 2.75) is 0 Å². The monoisotopic (exact) mass is 349 g/mol. The predicted octanol–water partition coefficient (Wildman–Crippen LogP) is 2.70. The Morgan fingerprint density at radius 1 is 1.19 bits per heavy atom. The van der Waals surface area contributed by atoms with Gasteiger partial charge in [-0.15, -0.1) is 0 Å². The van der Waals surface area contributed by atoms with Gasteiger partial charge in [0.15, 0.2) is 0 Å². The smallest absolute Gasteiger partial charge is 0.337 e. The van der Waals surface area contributed by atoms with E-state index in [9.17, 15) is 19.5 Å². The molecule has 0 aliphatic carbocycles. The number of nitrogen functional groups attached to an aromatic ring is 1. The lowest BCUT2D eigenvalue weighted by molar-refractivity contribution is 0.0698. The third-order valence-electron chi connectivity index (χ3n) is 3.95. The number of aromatic carboxylic acids is 1. The second-order valence-electron chi connectivity index (χ2n) is 5.57. The summed E-state index contributed by atoms with van der Waals surface area (Å²) in [5, 5.41) is 12.2. The van der Waals surface area contributed by atoms with Crippen LogP contribution in [0.2, 0.25) is 0 Å². The lowest BCUT2D eigenvalue weighted by atomic mass is 10.1. The molecule has 0 aliphatic heterocycles. The first-order valence-corrected chi connectivity index (χ1v) is 7.63. The topological polar surface area (TPSA) is 125 Å². The average Bonchev–Trinajstić information content (AvgIpc) is 2.62. The Morgan fingerprint density at radius 3 is 2.62 bits per heavy atom. The van der Waals surface area contributed by atoms with E-state index in [2.05, 4.69) is 16.9 Å². The first-order chi connectivity index (χ1) is 12.4. The van der Waals surface area contributed by atoms with Gasteiger partial charge in [-0.1, -0.05) is 24.8 Å². The number of nitrogens with two attached hydrogens (primary N) is 1. The van der Waals surface area contributed by atoms with Crippen LogP contribution in [0.15, 0.2) is 54.0 Å². The Kier molecular flexibility index (Phi) is 4.28. The van der Waals surface area contributed by atoms with E-state index >= 15 is 0 Å². The first kappa shape index (κ1) is 17.0. The van der Waals surface area contributed by atoms with Gasteiger partial charge in [0.1, 0.15) is 5.56 Å². The van der Waals surface area contributed by atoms with Crippen molar-refractivity contribution in [3.8, 4) is 0 Å². The molecule has 0 atom stereocenters. The van der Waals surface area contributed by atoms with Crippen LogP contribution in [0.5, 0.6) is 0 Å². The Labute approximate surface area is 147 Å². The number of carboxylic acids is 1. The van der Waals surface area contributed by atoms with E-state index in [-0.39, 0.29) is 22.5 Å². The molecule has 1 heterocycles. The van der Waals surface area contributed by atoms with Crippen LogP contribution in [0, 0.1) is 0 Å². The van der Waals surface area contributed by atoms with Gasteiger partial charge in [0, 0.05) is 22.8 Å². The minimum absolute atomic E-state index is 0.00170. The molecule has 2 aromatic carbocycles. The minimum Gasteiger partial charge on any atom is -0.478 e. The standard InChI is InChI=1S/C19H15N3O4/c1-2-10-7-12(19(25)26)16(8-14(10)20)22-18(24)13-9-21-15-6-4-3-5-11(15)17(13)23/h2-9H,1,20H2,(H,21,23)(H,22,24)(H,25,26). The van der Waals surface area contributed by atoms with E-state index < -0.39 is 17.3 Å². The summed E-state index contributed by atoms with van der Waals surface area (Å²) in [5.74, 6) is -1.97. The van der Waals surface area contributed by atoms with Crippen molar-refractivity contribution in [3.63, 3.8) is 0 Å². The predicted molar refractivity (Wildman–Crippen MR) is 100 cm³/mol.